The summed E-state index contributed by atoms with van der Waals surface area (Å²) in [7, 11) is 0. The normalized spacial score (nSPS) is 12.9. The fourth-order valence-corrected chi connectivity index (χ4v) is 1.71. The second kappa shape index (κ2) is 8.36. The standard InChI is InChI=1S/C13H23NO2/c1-3-8-14-13(6-5-9-15-4-2)12-7-10-16-11-12/h7,10-11,13-14H,3-6,8-9H2,1-2H3. The summed E-state index contributed by atoms with van der Waals surface area (Å²) in [6.45, 7) is 6.91. The number of hydrogen-bond acceptors (Lipinski definition) is 3. The molecule has 1 aromatic rings. The molecule has 3 nitrogen and oxygen atoms in total. The van der Waals surface area contributed by atoms with Gasteiger partial charge < -0.3 is 14.5 Å². The first kappa shape index (κ1) is 13.3. The van der Waals surface area contributed by atoms with Crippen molar-refractivity contribution < 1.29 is 9.15 Å². The average molecular weight is 225 g/mol. The molecule has 1 N–H and O–H groups in total. The molecule has 0 amide bonds. The average Bonchev–Trinajstić information content (AvgIpc) is 2.82. The molecule has 1 unspecified atom stereocenters. The highest BCUT2D eigenvalue weighted by Gasteiger charge is 2.11. The van der Waals surface area contributed by atoms with E-state index < -0.39 is 0 Å². The highest BCUT2D eigenvalue weighted by Crippen LogP contribution is 2.18. The van der Waals surface area contributed by atoms with Gasteiger partial charge >= 0.3 is 0 Å². The van der Waals surface area contributed by atoms with Crippen molar-refractivity contribution in [2.45, 2.75) is 39.2 Å². The van der Waals surface area contributed by atoms with Crippen LogP contribution >= 0.6 is 0 Å². The van der Waals surface area contributed by atoms with Crippen LogP contribution in [0.15, 0.2) is 23.0 Å². The van der Waals surface area contributed by atoms with Crippen LogP contribution in [0.2, 0.25) is 0 Å². The van der Waals surface area contributed by atoms with Gasteiger partial charge in [-0.2, -0.15) is 0 Å². The van der Waals surface area contributed by atoms with E-state index in [0.717, 1.165) is 39.0 Å². The number of nitrogens with one attached hydrogen (secondary N) is 1. The first-order valence-electron chi connectivity index (χ1n) is 6.21. The highest BCUT2D eigenvalue weighted by atomic mass is 16.5. The van der Waals surface area contributed by atoms with Gasteiger partial charge in [-0.15, -0.1) is 0 Å². The summed E-state index contributed by atoms with van der Waals surface area (Å²) in [4.78, 5) is 0. The van der Waals surface area contributed by atoms with Crippen LogP contribution < -0.4 is 5.32 Å². The Hall–Kier alpha value is -0.800. The number of rotatable bonds is 9. The fourth-order valence-electron chi connectivity index (χ4n) is 1.71. The Balaban J connectivity index is 2.32. The van der Waals surface area contributed by atoms with Gasteiger partial charge in [-0.3, -0.25) is 0 Å². The number of hydrogen-bond donors (Lipinski definition) is 1. The van der Waals surface area contributed by atoms with Crippen LogP contribution in [0.1, 0.15) is 44.7 Å². The maximum absolute atomic E-state index is 5.35. The van der Waals surface area contributed by atoms with Crippen molar-refractivity contribution in [2.24, 2.45) is 0 Å². The van der Waals surface area contributed by atoms with Gasteiger partial charge in [0.1, 0.15) is 0 Å². The lowest BCUT2D eigenvalue weighted by atomic mass is 10.1. The van der Waals surface area contributed by atoms with Gasteiger partial charge in [0, 0.05) is 24.8 Å². The molecule has 0 fully saturated rings. The number of ether oxygens (including phenoxy) is 1. The fraction of sp³-hybridized carbons (Fsp3) is 0.692. The van der Waals surface area contributed by atoms with E-state index >= 15 is 0 Å². The molecule has 92 valence electrons. The zero-order valence-corrected chi connectivity index (χ0v) is 10.4. The quantitative estimate of drug-likeness (QED) is 0.656. The van der Waals surface area contributed by atoms with Gasteiger partial charge in [0.05, 0.1) is 12.5 Å². The minimum absolute atomic E-state index is 0.402. The lowest BCUT2D eigenvalue weighted by Gasteiger charge is -2.16. The van der Waals surface area contributed by atoms with Crippen LogP contribution in [0.5, 0.6) is 0 Å². The second-order valence-electron chi connectivity index (χ2n) is 3.90. The summed E-state index contributed by atoms with van der Waals surface area (Å²) in [5.41, 5.74) is 1.24. The molecular formula is C13H23NO2. The Morgan fingerprint density at radius 1 is 1.44 bits per heavy atom. The van der Waals surface area contributed by atoms with Gasteiger partial charge in [-0.1, -0.05) is 6.92 Å². The molecule has 1 heterocycles. The molecule has 1 rings (SSSR count). The molecule has 16 heavy (non-hydrogen) atoms. The smallest absolute Gasteiger partial charge is 0.0950 e. The van der Waals surface area contributed by atoms with E-state index in [0.29, 0.717) is 6.04 Å². The van der Waals surface area contributed by atoms with Crippen LogP contribution in [0.25, 0.3) is 0 Å². The SMILES string of the molecule is CCCNC(CCCOCC)c1ccoc1. The molecule has 0 aliphatic heterocycles. The van der Waals surface area contributed by atoms with Crippen LogP contribution in [-0.4, -0.2) is 19.8 Å². The van der Waals surface area contributed by atoms with E-state index in [9.17, 15) is 0 Å². The summed E-state index contributed by atoms with van der Waals surface area (Å²) in [5.74, 6) is 0. The Bertz CT molecular complexity index is 246. The van der Waals surface area contributed by atoms with Crippen LogP contribution in [0.4, 0.5) is 0 Å². The predicted octanol–water partition coefficient (Wildman–Crippen LogP) is 3.14. The molecule has 0 saturated carbocycles. The highest BCUT2D eigenvalue weighted by molar-refractivity contribution is 5.11. The van der Waals surface area contributed by atoms with E-state index in [1.807, 2.05) is 19.3 Å². The van der Waals surface area contributed by atoms with E-state index in [-0.39, 0.29) is 0 Å². The van der Waals surface area contributed by atoms with E-state index in [1.165, 1.54) is 5.56 Å². The topological polar surface area (TPSA) is 34.4 Å². The Morgan fingerprint density at radius 3 is 2.94 bits per heavy atom. The van der Waals surface area contributed by atoms with Crippen LogP contribution in [0, 0.1) is 0 Å². The van der Waals surface area contributed by atoms with E-state index in [4.69, 9.17) is 9.15 Å². The van der Waals surface area contributed by atoms with Crippen molar-refractivity contribution in [3.05, 3.63) is 24.2 Å². The molecule has 1 aromatic heterocycles. The Morgan fingerprint density at radius 2 is 2.31 bits per heavy atom. The predicted molar refractivity (Wildman–Crippen MR) is 65.5 cm³/mol. The van der Waals surface area contributed by atoms with E-state index in [2.05, 4.69) is 12.2 Å². The Labute approximate surface area is 98.2 Å². The van der Waals surface area contributed by atoms with Crippen molar-refractivity contribution >= 4 is 0 Å². The Kier molecular flexibility index (Phi) is 6.93. The molecule has 0 bridgehead atoms. The van der Waals surface area contributed by atoms with Gasteiger partial charge in [-0.05, 0) is 38.8 Å². The zero-order chi connectivity index (χ0) is 11.6. The third kappa shape index (κ3) is 4.81. The maximum Gasteiger partial charge on any atom is 0.0950 e. The largest absolute Gasteiger partial charge is 0.472 e. The van der Waals surface area contributed by atoms with Crippen LogP contribution in [-0.2, 0) is 4.74 Å². The van der Waals surface area contributed by atoms with Gasteiger partial charge in [-0.25, -0.2) is 0 Å². The molecule has 0 saturated heterocycles. The maximum atomic E-state index is 5.35. The molecule has 0 aliphatic carbocycles. The third-order valence-corrected chi connectivity index (χ3v) is 2.57. The molecule has 0 spiro atoms. The first-order chi connectivity index (χ1) is 7.88. The number of furan rings is 1. The van der Waals surface area contributed by atoms with Crippen molar-refractivity contribution in [3.63, 3.8) is 0 Å². The molecule has 0 aromatic carbocycles. The summed E-state index contributed by atoms with van der Waals surface area (Å²) in [6, 6.07) is 2.44. The van der Waals surface area contributed by atoms with Crippen LogP contribution in [0.3, 0.4) is 0 Å². The molecule has 0 aliphatic rings. The lowest BCUT2D eigenvalue weighted by Crippen LogP contribution is -2.22. The van der Waals surface area contributed by atoms with E-state index in [1.54, 1.807) is 6.26 Å². The monoisotopic (exact) mass is 225 g/mol. The summed E-state index contributed by atoms with van der Waals surface area (Å²) in [6.07, 6.45) is 6.90. The summed E-state index contributed by atoms with van der Waals surface area (Å²) < 4.78 is 10.5. The molecule has 1 atom stereocenters. The van der Waals surface area contributed by atoms with Crippen molar-refractivity contribution in [1.82, 2.24) is 5.32 Å². The van der Waals surface area contributed by atoms with Crippen molar-refractivity contribution in [3.8, 4) is 0 Å². The molecule has 3 heteroatoms. The summed E-state index contributed by atoms with van der Waals surface area (Å²) >= 11 is 0. The first-order valence-corrected chi connectivity index (χ1v) is 6.21. The second-order valence-corrected chi connectivity index (χ2v) is 3.90. The van der Waals surface area contributed by atoms with Gasteiger partial charge in [0.15, 0.2) is 0 Å². The van der Waals surface area contributed by atoms with Gasteiger partial charge in [0.2, 0.25) is 0 Å². The van der Waals surface area contributed by atoms with Gasteiger partial charge in [0.25, 0.3) is 0 Å². The van der Waals surface area contributed by atoms with Crippen molar-refractivity contribution in [2.75, 3.05) is 19.8 Å². The molecule has 0 radical (unpaired) electrons. The van der Waals surface area contributed by atoms with Crippen molar-refractivity contribution in [1.29, 1.82) is 0 Å². The molecular weight excluding hydrogens is 202 g/mol. The minimum atomic E-state index is 0.402. The zero-order valence-electron chi connectivity index (χ0n) is 10.4. The summed E-state index contributed by atoms with van der Waals surface area (Å²) in [5, 5.41) is 3.53. The third-order valence-electron chi connectivity index (χ3n) is 2.57. The lowest BCUT2D eigenvalue weighted by molar-refractivity contribution is 0.141. The minimum Gasteiger partial charge on any atom is -0.472 e.